The summed E-state index contributed by atoms with van der Waals surface area (Å²) < 4.78 is 343. The fourth-order valence-corrected chi connectivity index (χ4v) is 7.62. The maximum atomic E-state index is 14.2. The molecule has 5 aromatic carbocycles. The smallest absolute Gasteiger partial charge is 0.248 e. The van der Waals surface area contributed by atoms with Crippen molar-refractivity contribution >= 4 is 28.0 Å². The van der Waals surface area contributed by atoms with Gasteiger partial charge in [-0.2, -0.15) is 137 Å². The predicted molar refractivity (Wildman–Crippen MR) is 209 cm³/mol. The lowest BCUT2D eigenvalue weighted by molar-refractivity contribution is -0.689. The lowest BCUT2D eigenvalue weighted by Crippen LogP contribution is -2.75. The van der Waals surface area contributed by atoms with E-state index in [1.165, 1.54) is 5.56 Å². The average Bonchev–Trinajstić information content (AvgIpc) is 3.25. The Balaban J connectivity index is 0.000000520. The molecule has 0 amide bonds. The van der Waals surface area contributed by atoms with Crippen LogP contribution >= 0.6 is 0 Å². The number of hydrogen-bond donors (Lipinski definition) is 0. The molecule has 28 heteroatoms. The SMILES string of the molecule is FC(F)(F)c1cc([B-](c2cc(C(F)(F)F)cc(C(F)(F)F)c2)(c2cc(C(F)(F)F)cc(C(F)(F)F)c2)c2cc(C(F)(F)F)cc(C(F)(F)F)c2)cc(C(F)(F)F)c1.N#CCc1c[n+](Cc2ccccc2)ccn1. The first-order valence-electron chi connectivity index (χ1n) is 19.7. The monoisotopic (exact) mass is 1070 g/mol. The highest BCUT2D eigenvalue weighted by Gasteiger charge is 2.47. The highest BCUT2D eigenvalue weighted by molar-refractivity contribution is 7.20. The topological polar surface area (TPSA) is 40.6 Å². The van der Waals surface area contributed by atoms with Crippen molar-refractivity contribution in [1.29, 1.82) is 5.26 Å². The molecule has 6 rings (SSSR count). The molecular weight excluding hydrogens is 1050 g/mol. The van der Waals surface area contributed by atoms with Gasteiger partial charge in [0.2, 0.25) is 0 Å². The van der Waals surface area contributed by atoms with Crippen molar-refractivity contribution in [3.8, 4) is 6.07 Å². The Labute approximate surface area is 393 Å². The Morgan fingerprint density at radius 1 is 0.397 bits per heavy atom. The summed E-state index contributed by atoms with van der Waals surface area (Å²) in [5.74, 6) is 0. The van der Waals surface area contributed by atoms with Crippen LogP contribution in [-0.2, 0) is 62.4 Å². The van der Waals surface area contributed by atoms with Gasteiger partial charge in [-0.3, -0.25) is 0 Å². The normalized spacial score (nSPS) is 13.3. The number of rotatable bonds is 7. The summed E-state index contributed by atoms with van der Waals surface area (Å²) >= 11 is 0. The third-order valence-corrected chi connectivity index (χ3v) is 10.7. The standard InChI is InChI=1S/C32H12BF24.C13H12N3/c34-25(35,36)13-1-14(26(37,38)39)6-21(5-13)33(22-7-15(27(40,41)42)2-16(8-22)28(43,44)45,23-9-17(29(46,47)48)3-18(10-23)30(49,50)51)24-11-19(31(52,53)54)4-20(12-24)32(55,56)57;14-7-6-13-11-16(9-8-15-13)10-12-4-2-1-3-5-12/h1-12H;1-5,8-9,11H,6,10H2/q-1;+1. The maximum Gasteiger partial charge on any atom is 0.416 e. The fraction of sp³-hybridized carbons (Fsp3) is 0.222. The van der Waals surface area contributed by atoms with Gasteiger partial charge in [-0.1, -0.05) is 78.9 Å². The summed E-state index contributed by atoms with van der Waals surface area (Å²) in [5.41, 5.74) is -28.2. The van der Waals surface area contributed by atoms with Crippen molar-refractivity contribution in [2.75, 3.05) is 0 Å². The molecule has 0 saturated heterocycles. The highest BCUT2D eigenvalue weighted by atomic mass is 19.4. The van der Waals surface area contributed by atoms with Crippen LogP contribution in [0, 0.1) is 11.3 Å². The number of nitrogens with zero attached hydrogens (tertiary/aromatic N) is 3. The first kappa shape index (κ1) is 57.0. The Bertz CT molecular complexity index is 2530. The number of alkyl halides is 24. The molecule has 0 atom stereocenters. The zero-order chi connectivity index (χ0) is 55.1. The van der Waals surface area contributed by atoms with E-state index in [0.29, 0.717) is 6.42 Å². The van der Waals surface area contributed by atoms with Gasteiger partial charge in [-0.05, 0) is 24.3 Å². The second-order valence-electron chi connectivity index (χ2n) is 15.8. The van der Waals surface area contributed by atoms with Crippen molar-refractivity contribution in [2.45, 2.75) is 62.4 Å². The molecule has 0 aliphatic heterocycles. The molecule has 390 valence electrons. The van der Waals surface area contributed by atoms with Gasteiger partial charge in [0.15, 0.2) is 18.9 Å². The second kappa shape index (κ2) is 19.8. The number of aromatic nitrogens is 2. The van der Waals surface area contributed by atoms with Crippen molar-refractivity contribution in [1.82, 2.24) is 4.98 Å². The minimum absolute atomic E-state index is 0.357. The number of benzene rings is 5. The largest absolute Gasteiger partial charge is 0.416 e. The Kier molecular flexibility index (Phi) is 15.5. The van der Waals surface area contributed by atoms with Gasteiger partial charge in [-0.25, -0.2) is 4.98 Å². The highest BCUT2D eigenvalue weighted by Crippen LogP contribution is 2.41. The number of hydrogen-bond acceptors (Lipinski definition) is 2. The summed E-state index contributed by atoms with van der Waals surface area (Å²) in [7, 11) is 0. The quantitative estimate of drug-likeness (QED) is 0.0908. The van der Waals surface area contributed by atoms with E-state index in [1.54, 1.807) is 6.20 Å². The fourth-order valence-electron chi connectivity index (χ4n) is 7.62. The molecule has 1 heterocycles. The van der Waals surface area contributed by atoms with E-state index >= 15 is 0 Å². The van der Waals surface area contributed by atoms with Gasteiger partial charge in [-0.15, -0.1) is 0 Å². The zero-order valence-electron chi connectivity index (χ0n) is 35.5. The summed E-state index contributed by atoms with van der Waals surface area (Å²) in [6.45, 7) is 0.807. The molecule has 0 unspecified atom stereocenters. The molecule has 6 aromatic rings. The number of halogens is 24. The number of nitriles is 1. The van der Waals surface area contributed by atoms with Crippen molar-refractivity contribution in [2.24, 2.45) is 0 Å². The van der Waals surface area contributed by atoms with Crippen LogP contribution in [0.2, 0.25) is 0 Å². The average molecular weight is 1070 g/mol. The molecule has 0 saturated carbocycles. The van der Waals surface area contributed by atoms with Crippen LogP contribution in [0.1, 0.15) is 55.8 Å². The summed E-state index contributed by atoms with van der Waals surface area (Å²) in [6.07, 6.45) is -48.9. The van der Waals surface area contributed by atoms with E-state index in [0.717, 1.165) is 12.2 Å². The van der Waals surface area contributed by atoms with Gasteiger partial charge in [0.1, 0.15) is 11.8 Å². The van der Waals surface area contributed by atoms with E-state index < -0.39 is 195 Å². The molecule has 0 radical (unpaired) electrons. The second-order valence-corrected chi connectivity index (χ2v) is 15.8. The van der Waals surface area contributed by atoms with Crippen molar-refractivity contribution in [3.05, 3.63) is 177 Å². The van der Waals surface area contributed by atoms with Crippen LogP contribution in [0.15, 0.2) is 122 Å². The molecule has 0 aliphatic rings. The third-order valence-electron chi connectivity index (χ3n) is 10.7. The Morgan fingerprint density at radius 2 is 0.658 bits per heavy atom. The van der Waals surface area contributed by atoms with Gasteiger partial charge >= 0.3 is 49.4 Å². The lowest BCUT2D eigenvalue weighted by Gasteiger charge is -2.46. The van der Waals surface area contributed by atoms with Crippen LogP contribution < -0.4 is 26.4 Å². The van der Waals surface area contributed by atoms with Crippen molar-refractivity contribution < 1.29 is 110 Å². The predicted octanol–water partition coefficient (Wildman–Crippen LogP) is 12.7. The molecular formula is C45H24BF24N3. The Morgan fingerprint density at radius 3 is 0.890 bits per heavy atom. The van der Waals surface area contributed by atoms with E-state index in [2.05, 4.69) is 23.2 Å². The Hall–Kier alpha value is -6.95. The van der Waals surface area contributed by atoms with Crippen LogP contribution in [0.25, 0.3) is 0 Å². The minimum Gasteiger partial charge on any atom is -0.248 e. The zero-order valence-corrected chi connectivity index (χ0v) is 35.5. The third kappa shape index (κ3) is 13.6. The molecule has 0 bridgehead atoms. The molecule has 0 spiro atoms. The van der Waals surface area contributed by atoms with E-state index in [1.807, 2.05) is 35.2 Å². The molecule has 0 aliphatic carbocycles. The van der Waals surface area contributed by atoms with Crippen LogP contribution in [0.4, 0.5) is 105 Å². The molecule has 3 nitrogen and oxygen atoms in total. The molecule has 73 heavy (non-hydrogen) atoms. The molecule has 1 aromatic heterocycles. The maximum absolute atomic E-state index is 14.2. The summed E-state index contributed by atoms with van der Waals surface area (Å²) in [4.78, 5) is 4.13. The van der Waals surface area contributed by atoms with Crippen LogP contribution in [0.5, 0.6) is 0 Å². The first-order chi connectivity index (χ1) is 33.1. The first-order valence-corrected chi connectivity index (χ1v) is 19.7. The van der Waals surface area contributed by atoms with E-state index in [9.17, 15) is 105 Å². The van der Waals surface area contributed by atoms with Gasteiger partial charge in [0, 0.05) is 5.56 Å². The van der Waals surface area contributed by atoms with Crippen molar-refractivity contribution in [3.63, 3.8) is 0 Å². The van der Waals surface area contributed by atoms with Crippen LogP contribution in [-0.4, -0.2) is 11.1 Å². The van der Waals surface area contributed by atoms with Gasteiger partial charge < -0.3 is 0 Å². The lowest BCUT2D eigenvalue weighted by atomic mass is 9.12. The minimum atomic E-state index is -6.13. The van der Waals surface area contributed by atoms with Gasteiger partial charge in [0.05, 0.1) is 63.2 Å². The van der Waals surface area contributed by atoms with Crippen LogP contribution in [0.3, 0.4) is 0 Å². The molecule has 0 fully saturated rings. The summed E-state index contributed by atoms with van der Waals surface area (Å²) in [5, 5.41) is 8.60. The van der Waals surface area contributed by atoms with E-state index in [4.69, 9.17) is 5.26 Å². The molecule has 0 N–H and O–H groups in total. The van der Waals surface area contributed by atoms with E-state index in [-0.39, 0.29) is 0 Å². The summed E-state index contributed by atoms with van der Waals surface area (Å²) in [6, 6.07) is 3.49. The van der Waals surface area contributed by atoms with Gasteiger partial charge in [0.25, 0.3) is 0 Å².